The Morgan fingerprint density at radius 2 is 2.06 bits per heavy atom. The van der Waals surface area contributed by atoms with Gasteiger partial charge in [0, 0.05) is 19.0 Å². The van der Waals surface area contributed by atoms with Gasteiger partial charge in [0.25, 0.3) is 11.8 Å². The zero-order valence-corrected chi connectivity index (χ0v) is 18.4. The maximum Gasteiger partial charge on any atom is 0.417 e. The number of nitrogens with zero attached hydrogens (tertiary/aromatic N) is 4. The molecule has 0 radical (unpaired) electrons. The van der Waals surface area contributed by atoms with E-state index in [1.165, 1.54) is 47.3 Å². The number of nitrogen functional groups attached to an aromatic ring is 1. The summed E-state index contributed by atoms with van der Waals surface area (Å²) < 4.78 is 46.0. The largest absolute Gasteiger partial charge is 0.417 e. The first kappa shape index (κ1) is 23.5. The molecule has 1 aliphatic rings. The molecule has 1 aliphatic heterocycles. The summed E-state index contributed by atoms with van der Waals surface area (Å²) in [6, 6.07) is 5.52. The van der Waals surface area contributed by atoms with E-state index in [0.717, 1.165) is 12.1 Å². The maximum absolute atomic E-state index is 13.4. The van der Waals surface area contributed by atoms with Crippen molar-refractivity contribution in [1.29, 1.82) is 0 Å². The summed E-state index contributed by atoms with van der Waals surface area (Å²) in [5.41, 5.74) is 5.06. The van der Waals surface area contributed by atoms with E-state index in [1.807, 2.05) is 0 Å². The molecule has 1 aromatic carbocycles. The van der Waals surface area contributed by atoms with Crippen LogP contribution in [0.4, 0.5) is 30.4 Å². The second kappa shape index (κ2) is 8.95. The SMILES string of the molecule is COC[C@H]1CN(c2ccc(C(F)(F)F)c(Cl)c2)C(=O)c2c(NC(=O)c3ccc(N)nc3)cnn21. The molecule has 3 N–H and O–H groups in total. The van der Waals surface area contributed by atoms with Gasteiger partial charge in [0.2, 0.25) is 0 Å². The molecule has 0 bridgehead atoms. The van der Waals surface area contributed by atoms with E-state index in [2.05, 4.69) is 15.4 Å². The number of benzene rings is 1. The van der Waals surface area contributed by atoms with Crippen LogP contribution in [0.15, 0.2) is 42.7 Å². The topological polar surface area (TPSA) is 115 Å². The van der Waals surface area contributed by atoms with Crippen LogP contribution in [0.1, 0.15) is 32.5 Å². The summed E-state index contributed by atoms with van der Waals surface area (Å²) in [6.07, 6.45) is -2.03. The van der Waals surface area contributed by atoms with Crippen molar-refractivity contribution in [3.63, 3.8) is 0 Å². The number of hydrogen-bond donors (Lipinski definition) is 2. The van der Waals surface area contributed by atoms with Crippen LogP contribution in [0.2, 0.25) is 5.02 Å². The smallest absolute Gasteiger partial charge is 0.384 e. The minimum Gasteiger partial charge on any atom is -0.384 e. The van der Waals surface area contributed by atoms with Crippen LogP contribution in [0.3, 0.4) is 0 Å². The van der Waals surface area contributed by atoms with Crippen molar-refractivity contribution in [2.75, 3.05) is 36.2 Å². The second-order valence-corrected chi connectivity index (χ2v) is 7.87. The number of fused-ring (bicyclic) bond motifs is 1. The average molecular weight is 495 g/mol. The number of rotatable bonds is 5. The molecule has 1 atom stereocenters. The first-order chi connectivity index (χ1) is 16.1. The normalized spacial score (nSPS) is 15.9. The molecule has 3 heterocycles. The van der Waals surface area contributed by atoms with Gasteiger partial charge in [0.15, 0.2) is 5.69 Å². The van der Waals surface area contributed by atoms with E-state index in [9.17, 15) is 22.8 Å². The van der Waals surface area contributed by atoms with Gasteiger partial charge in [-0.25, -0.2) is 4.98 Å². The Bertz CT molecular complexity index is 1250. The lowest BCUT2D eigenvalue weighted by Gasteiger charge is -2.34. The third-order valence-electron chi connectivity index (χ3n) is 5.21. The Morgan fingerprint density at radius 3 is 2.68 bits per heavy atom. The molecule has 0 saturated heterocycles. The zero-order valence-electron chi connectivity index (χ0n) is 17.6. The predicted molar refractivity (Wildman–Crippen MR) is 118 cm³/mol. The van der Waals surface area contributed by atoms with Gasteiger partial charge in [-0.1, -0.05) is 11.6 Å². The van der Waals surface area contributed by atoms with Crippen LogP contribution in [0.5, 0.6) is 0 Å². The molecule has 4 rings (SSSR count). The molecule has 178 valence electrons. The van der Waals surface area contributed by atoms with Crippen molar-refractivity contribution in [1.82, 2.24) is 14.8 Å². The molecule has 3 aromatic rings. The van der Waals surface area contributed by atoms with E-state index in [4.69, 9.17) is 22.1 Å². The van der Waals surface area contributed by atoms with Crippen molar-refractivity contribution in [2.24, 2.45) is 0 Å². The highest BCUT2D eigenvalue weighted by Gasteiger charge is 2.37. The van der Waals surface area contributed by atoms with E-state index in [-0.39, 0.29) is 41.6 Å². The van der Waals surface area contributed by atoms with E-state index < -0.39 is 34.6 Å². The van der Waals surface area contributed by atoms with Crippen molar-refractivity contribution in [3.8, 4) is 0 Å². The van der Waals surface area contributed by atoms with Crippen LogP contribution >= 0.6 is 11.6 Å². The highest BCUT2D eigenvalue weighted by atomic mass is 35.5. The van der Waals surface area contributed by atoms with Crippen molar-refractivity contribution < 1.29 is 27.5 Å². The maximum atomic E-state index is 13.4. The lowest BCUT2D eigenvalue weighted by atomic mass is 10.1. The zero-order chi connectivity index (χ0) is 24.6. The Labute approximate surface area is 196 Å². The summed E-state index contributed by atoms with van der Waals surface area (Å²) in [6.45, 7) is 0.223. The summed E-state index contributed by atoms with van der Waals surface area (Å²) in [5.74, 6) is -0.886. The van der Waals surface area contributed by atoms with Gasteiger partial charge < -0.3 is 20.7 Å². The number of nitrogens with two attached hydrogens (primary N) is 1. The lowest BCUT2D eigenvalue weighted by molar-refractivity contribution is -0.137. The molecule has 13 heteroatoms. The lowest BCUT2D eigenvalue weighted by Crippen LogP contribution is -2.45. The fourth-order valence-electron chi connectivity index (χ4n) is 3.62. The Balaban J connectivity index is 1.69. The number of pyridine rings is 1. The molecular formula is C21H18ClF3N6O3. The molecule has 0 spiro atoms. The summed E-state index contributed by atoms with van der Waals surface area (Å²) in [5, 5.41) is 6.31. The molecule has 9 nitrogen and oxygen atoms in total. The van der Waals surface area contributed by atoms with Gasteiger partial charge in [0.1, 0.15) is 5.82 Å². The van der Waals surface area contributed by atoms with Crippen molar-refractivity contribution in [3.05, 3.63) is 64.6 Å². The molecule has 2 aromatic heterocycles. The first-order valence-corrected chi connectivity index (χ1v) is 10.3. The number of carbonyl (C=O) groups is 2. The minimum atomic E-state index is -4.63. The van der Waals surface area contributed by atoms with E-state index in [1.54, 1.807) is 0 Å². The molecule has 0 saturated carbocycles. The number of aromatic nitrogens is 3. The predicted octanol–water partition coefficient (Wildman–Crippen LogP) is 3.63. The molecule has 34 heavy (non-hydrogen) atoms. The third-order valence-corrected chi connectivity index (χ3v) is 5.52. The molecular weight excluding hydrogens is 477 g/mol. The van der Waals surface area contributed by atoms with Crippen LogP contribution in [0.25, 0.3) is 0 Å². The number of ether oxygens (including phenoxy) is 1. The van der Waals surface area contributed by atoms with Gasteiger partial charge in [-0.2, -0.15) is 18.3 Å². The first-order valence-electron chi connectivity index (χ1n) is 9.88. The number of nitrogens with one attached hydrogen (secondary N) is 1. The monoisotopic (exact) mass is 494 g/mol. The van der Waals surface area contributed by atoms with Crippen molar-refractivity contribution in [2.45, 2.75) is 12.2 Å². The number of amides is 2. The molecule has 2 amide bonds. The standard InChI is InChI=1S/C21H18ClF3N6O3/c1-34-10-13-9-30(12-3-4-14(15(22)6-12)21(23,24)25)20(33)18-16(8-28-31(13)18)29-19(32)11-2-5-17(26)27-7-11/h2-8,13H,9-10H2,1H3,(H2,26,27)(H,29,32)/t13-/m1/s1. The highest BCUT2D eigenvalue weighted by Crippen LogP contribution is 2.38. The Kier molecular flexibility index (Phi) is 6.19. The quantitative estimate of drug-likeness (QED) is 0.559. The van der Waals surface area contributed by atoms with Gasteiger partial charge >= 0.3 is 6.18 Å². The number of methoxy groups -OCH3 is 1. The third kappa shape index (κ3) is 4.41. The fourth-order valence-corrected chi connectivity index (χ4v) is 3.90. The van der Waals surface area contributed by atoms with Crippen LogP contribution in [-0.2, 0) is 10.9 Å². The summed E-state index contributed by atoms with van der Waals surface area (Å²) in [7, 11) is 1.47. The van der Waals surface area contributed by atoms with Crippen LogP contribution in [-0.4, -0.2) is 46.8 Å². The summed E-state index contributed by atoms with van der Waals surface area (Å²) >= 11 is 5.86. The summed E-state index contributed by atoms with van der Waals surface area (Å²) in [4.78, 5) is 31.2. The number of halogens is 4. The molecule has 0 fully saturated rings. The molecule has 0 aliphatic carbocycles. The second-order valence-electron chi connectivity index (χ2n) is 7.46. The van der Waals surface area contributed by atoms with E-state index in [0.29, 0.717) is 0 Å². The number of carbonyl (C=O) groups excluding carboxylic acids is 2. The number of anilines is 3. The minimum absolute atomic E-state index is 0.0427. The highest BCUT2D eigenvalue weighted by molar-refractivity contribution is 6.31. The number of hydrogen-bond acceptors (Lipinski definition) is 6. The fraction of sp³-hybridized carbons (Fsp3) is 0.238. The van der Waals surface area contributed by atoms with Gasteiger partial charge in [-0.3, -0.25) is 14.3 Å². The Morgan fingerprint density at radius 1 is 1.29 bits per heavy atom. The van der Waals surface area contributed by atoms with Crippen LogP contribution in [0, 0.1) is 0 Å². The van der Waals surface area contributed by atoms with E-state index >= 15 is 0 Å². The van der Waals surface area contributed by atoms with Gasteiger partial charge in [-0.15, -0.1) is 0 Å². The van der Waals surface area contributed by atoms with Crippen LogP contribution < -0.4 is 16.0 Å². The van der Waals surface area contributed by atoms with Gasteiger partial charge in [0.05, 0.1) is 47.2 Å². The number of alkyl halides is 3. The Hall–Kier alpha value is -3.64. The van der Waals surface area contributed by atoms with Crippen molar-refractivity contribution >= 4 is 40.6 Å². The molecule has 0 unspecified atom stereocenters. The van der Waals surface area contributed by atoms with Gasteiger partial charge in [-0.05, 0) is 30.3 Å². The average Bonchev–Trinajstić information content (AvgIpc) is 3.19.